The molecule has 0 atom stereocenters. The van der Waals surface area contributed by atoms with Gasteiger partial charge in [-0.15, -0.1) is 0 Å². The highest BCUT2D eigenvalue weighted by Gasteiger charge is 2.11. The van der Waals surface area contributed by atoms with Crippen LogP contribution in [0.15, 0.2) is 36.4 Å². The molecule has 0 saturated carbocycles. The molecule has 0 fully saturated rings. The number of anilines is 1. The first-order valence-corrected chi connectivity index (χ1v) is 8.04. The van der Waals surface area contributed by atoms with E-state index in [1.54, 1.807) is 12.1 Å². The largest absolute Gasteiger partial charge is 0.493 e. The maximum Gasteiger partial charge on any atom is 0.387 e. The van der Waals surface area contributed by atoms with Crippen LogP contribution in [-0.2, 0) is 6.54 Å². The Labute approximate surface area is 151 Å². The van der Waals surface area contributed by atoms with Gasteiger partial charge in [0.1, 0.15) is 0 Å². The average molecular weight is 366 g/mol. The monoisotopic (exact) mass is 366 g/mol. The highest BCUT2D eigenvalue weighted by atomic mass is 32.1. The fourth-order valence-electron chi connectivity index (χ4n) is 2.25. The third-order valence-corrected chi connectivity index (χ3v) is 4.00. The summed E-state index contributed by atoms with van der Waals surface area (Å²) >= 11 is 5.30. The number of hydrogen-bond acceptors (Lipinski definition) is 3. The number of rotatable bonds is 6. The number of methoxy groups -OCH3 is 1. The molecule has 0 unspecified atom stereocenters. The molecule has 0 aliphatic carbocycles. The standard InChI is InChI=1S/C18H20F2N2O2S/c1-11-5-4-6-14(12(11)2)22-18(25)21-10-13-7-8-15(24-17(19)20)16(9-13)23-3/h4-9,17H,10H2,1-3H3,(H2,21,22,25). The van der Waals surface area contributed by atoms with Crippen molar-refractivity contribution in [3.8, 4) is 11.5 Å². The van der Waals surface area contributed by atoms with Crippen molar-refractivity contribution < 1.29 is 18.3 Å². The molecule has 0 heterocycles. The zero-order valence-corrected chi connectivity index (χ0v) is 15.0. The molecule has 0 aliphatic rings. The highest BCUT2D eigenvalue weighted by molar-refractivity contribution is 7.80. The first-order chi connectivity index (χ1) is 11.9. The molecule has 4 nitrogen and oxygen atoms in total. The lowest BCUT2D eigenvalue weighted by Crippen LogP contribution is -2.28. The Hall–Kier alpha value is -2.41. The van der Waals surface area contributed by atoms with Crippen molar-refractivity contribution >= 4 is 23.0 Å². The molecule has 0 saturated heterocycles. The van der Waals surface area contributed by atoms with Crippen molar-refractivity contribution in [3.05, 3.63) is 53.1 Å². The van der Waals surface area contributed by atoms with Gasteiger partial charge in [0.25, 0.3) is 0 Å². The summed E-state index contributed by atoms with van der Waals surface area (Å²) in [6.07, 6.45) is 0. The first-order valence-electron chi connectivity index (χ1n) is 7.63. The predicted molar refractivity (Wildman–Crippen MR) is 98.6 cm³/mol. The fraction of sp³-hybridized carbons (Fsp3) is 0.278. The van der Waals surface area contributed by atoms with E-state index in [-0.39, 0.29) is 11.5 Å². The molecule has 25 heavy (non-hydrogen) atoms. The maximum absolute atomic E-state index is 12.3. The van der Waals surface area contributed by atoms with Crippen molar-refractivity contribution in [2.75, 3.05) is 12.4 Å². The van der Waals surface area contributed by atoms with Gasteiger partial charge in [-0.25, -0.2) is 0 Å². The lowest BCUT2D eigenvalue weighted by Gasteiger charge is -2.15. The van der Waals surface area contributed by atoms with E-state index < -0.39 is 6.61 Å². The minimum absolute atomic E-state index is 0.00247. The second-order valence-electron chi connectivity index (χ2n) is 5.42. The van der Waals surface area contributed by atoms with Crippen molar-refractivity contribution in [2.45, 2.75) is 27.0 Å². The minimum Gasteiger partial charge on any atom is -0.493 e. The molecule has 134 valence electrons. The van der Waals surface area contributed by atoms with Crippen LogP contribution >= 0.6 is 12.2 Å². The molecule has 0 spiro atoms. The summed E-state index contributed by atoms with van der Waals surface area (Å²) in [4.78, 5) is 0. The normalized spacial score (nSPS) is 10.5. The molecule has 2 aromatic rings. The van der Waals surface area contributed by atoms with Crippen molar-refractivity contribution in [3.63, 3.8) is 0 Å². The topological polar surface area (TPSA) is 42.5 Å². The van der Waals surface area contributed by atoms with Gasteiger partial charge >= 0.3 is 6.61 Å². The van der Waals surface area contributed by atoms with Crippen LogP contribution < -0.4 is 20.1 Å². The van der Waals surface area contributed by atoms with Gasteiger partial charge in [-0.1, -0.05) is 18.2 Å². The molecule has 0 bridgehead atoms. The van der Waals surface area contributed by atoms with Crippen LogP contribution in [-0.4, -0.2) is 18.8 Å². The lowest BCUT2D eigenvalue weighted by atomic mass is 10.1. The molecular formula is C18H20F2N2O2S. The van der Waals surface area contributed by atoms with Gasteiger partial charge in [0.05, 0.1) is 7.11 Å². The highest BCUT2D eigenvalue weighted by Crippen LogP contribution is 2.29. The number of thiocarbonyl (C=S) groups is 1. The van der Waals surface area contributed by atoms with Crippen LogP contribution in [0.1, 0.15) is 16.7 Å². The van der Waals surface area contributed by atoms with Gasteiger partial charge < -0.3 is 20.1 Å². The van der Waals surface area contributed by atoms with Crippen LogP contribution in [0.5, 0.6) is 11.5 Å². The Balaban J connectivity index is 1.98. The van der Waals surface area contributed by atoms with Gasteiger partial charge in [0.15, 0.2) is 16.6 Å². The summed E-state index contributed by atoms with van der Waals surface area (Å²) in [5.41, 5.74) is 4.06. The number of aryl methyl sites for hydroxylation is 1. The van der Waals surface area contributed by atoms with Gasteiger partial charge in [-0.2, -0.15) is 8.78 Å². The number of hydrogen-bond donors (Lipinski definition) is 2. The van der Waals surface area contributed by atoms with Gasteiger partial charge in [-0.3, -0.25) is 0 Å². The number of nitrogens with one attached hydrogen (secondary N) is 2. The van der Waals surface area contributed by atoms with E-state index in [2.05, 4.69) is 15.4 Å². The van der Waals surface area contributed by atoms with Crippen LogP contribution in [0, 0.1) is 13.8 Å². The molecule has 0 aliphatic heterocycles. The molecule has 0 radical (unpaired) electrons. The average Bonchev–Trinajstić information content (AvgIpc) is 2.57. The zero-order chi connectivity index (χ0) is 18.4. The van der Waals surface area contributed by atoms with Gasteiger partial charge in [0.2, 0.25) is 0 Å². The quantitative estimate of drug-likeness (QED) is 0.742. The molecule has 0 aromatic heterocycles. The van der Waals surface area contributed by atoms with Gasteiger partial charge in [0, 0.05) is 12.2 Å². The smallest absolute Gasteiger partial charge is 0.387 e. The summed E-state index contributed by atoms with van der Waals surface area (Å²) in [7, 11) is 1.40. The van der Waals surface area contributed by atoms with Crippen LogP contribution in [0.4, 0.5) is 14.5 Å². The number of halogens is 2. The van der Waals surface area contributed by atoms with Crippen molar-refractivity contribution in [2.24, 2.45) is 0 Å². The molecule has 2 rings (SSSR count). The Morgan fingerprint density at radius 1 is 1.16 bits per heavy atom. The molecular weight excluding hydrogens is 346 g/mol. The lowest BCUT2D eigenvalue weighted by molar-refractivity contribution is -0.0512. The van der Waals surface area contributed by atoms with E-state index in [0.29, 0.717) is 11.7 Å². The SMILES string of the molecule is COc1cc(CNC(=S)Nc2cccc(C)c2C)ccc1OC(F)F. The van der Waals surface area contributed by atoms with E-state index in [4.69, 9.17) is 17.0 Å². The fourth-order valence-corrected chi connectivity index (χ4v) is 2.43. The Morgan fingerprint density at radius 2 is 1.92 bits per heavy atom. The van der Waals surface area contributed by atoms with Crippen molar-refractivity contribution in [1.29, 1.82) is 0 Å². The third-order valence-electron chi connectivity index (χ3n) is 3.75. The summed E-state index contributed by atoms with van der Waals surface area (Å²) in [6, 6.07) is 10.7. The van der Waals surface area contributed by atoms with E-state index in [0.717, 1.165) is 16.8 Å². The number of benzene rings is 2. The van der Waals surface area contributed by atoms with Gasteiger partial charge in [-0.05, 0) is 61.0 Å². The third kappa shape index (κ3) is 5.29. The summed E-state index contributed by atoms with van der Waals surface area (Å²) in [6.45, 7) is 1.58. The second kappa shape index (κ2) is 8.62. The Morgan fingerprint density at radius 3 is 2.60 bits per heavy atom. The second-order valence-corrected chi connectivity index (χ2v) is 5.83. The zero-order valence-electron chi connectivity index (χ0n) is 14.2. The summed E-state index contributed by atoms with van der Waals surface area (Å²) in [5, 5.41) is 6.71. The maximum atomic E-state index is 12.3. The molecule has 7 heteroatoms. The molecule has 0 amide bonds. The Bertz CT molecular complexity index is 754. The van der Waals surface area contributed by atoms with Crippen molar-refractivity contribution in [1.82, 2.24) is 5.32 Å². The molecule has 2 aromatic carbocycles. The minimum atomic E-state index is -2.90. The van der Waals surface area contributed by atoms with Crippen LogP contribution in [0.3, 0.4) is 0 Å². The molecule has 2 N–H and O–H groups in total. The van der Waals surface area contributed by atoms with E-state index in [9.17, 15) is 8.78 Å². The number of alkyl halides is 2. The van der Waals surface area contributed by atoms with E-state index in [1.165, 1.54) is 18.7 Å². The van der Waals surface area contributed by atoms with E-state index in [1.807, 2.05) is 32.0 Å². The number of ether oxygens (including phenoxy) is 2. The van der Waals surface area contributed by atoms with Crippen LogP contribution in [0.25, 0.3) is 0 Å². The van der Waals surface area contributed by atoms with Crippen LogP contribution in [0.2, 0.25) is 0 Å². The van der Waals surface area contributed by atoms with E-state index >= 15 is 0 Å². The predicted octanol–water partition coefficient (Wildman–Crippen LogP) is 4.40. The first kappa shape index (κ1) is 18.9. The Kier molecular flexibility index (Phi) is 6.52. The summed E-state index contributed by atoms with van der Waals surface area (Å²) < 4.78 is 34.2. The summed E-state index contributed by atoms with van der Waals surface area (Å²) in [5.74, 6) is 0.241.